The number of hydrogen-bond acceptors (Lipinski definition) is 2. The van der Waals surface area contributed by atoms with Crippen molar-refractivity contribution < 1.29 is 9.53 Å². The van der Waals surface area contributed by atoms with Crippen molar-refractivity contribution in [1.29, 1.82) is 0 Å². The topological polar surface area (TPSA) is 38.3 Å². The van der Waals surface area contributed by atoms with Gasteiger partial charge in [-0.15, -0.1) is 0 Å². The molecule has 2 aromatic rings. The van der Waals surface area contributed by atoms with Gasteiger partial charge >= 0.3 is 0 Å². The zero-order valence-corrected chi connectivity index (χ0v) is 13.5. The van der Waals surface area contributed by atoms with E-state index in [0.717, 1.165) is 10.0 Å². The van der Waals surface area contributed by atoms with Gasteiger partial charge in [0.2, 0.25) is 0 Å². The smallest absolute Gasteiger partial charge is 0.251 e. The predicted octanol–water partition coefficient (Wildman–Crippen LogP) is 3.78. The van der Waals surface area contributed by atoms with Crippen LogP contribution in [-0.4, -0.2) is 18.6 Å². The van der Waals surface area contributed by atoms with Crippen LogP contribution in [0.25, 0.3) is 0 Å². The summed E-state index contributed by atoms with van der Waals surface area (Å²) in [7, 11) is 0. The Morgan fingerprint density at radius 1 is 1.19 bits per heavy atom. The Bertz CT molecular complexity index is 586. The first-order chi connectivity index (χ1) is 10.1. The molecule has 110 valence electrons. The molecule has 4 heteroatoms. The van der Waals surface area contributed by atoms with Crippen LogP contribution in [0.2, 0.25) is 0 Å². The molecule has 1 unspecified atom stereocenters. The number of nitrogens with one attached hydrogen (secondary N) is 1. The molecule has 0 aliphatic rings. The summed E-state index contributed by atoms with van der Waals surface area (Å²) in [6, 6.07) is 17.3. The van der Waals surface area contributed by atoms with Gasteiger partial charge in [-0.05, 0) is 30.7 Å². The fourth-order valence-corrected chi connectivity index (χ4v) is 2.31. The molecule has 1 N–H and O–H groups in total. The SMILES string of the molecule is CC(COCc1ccccc1)NC(=O)c1cccc(Br)c1. The number of ether oxygens (including phenoxy) is 1. The summed E-state index contributed by atoms with van der Waals surface area (Å²) in [5, 5.41) is 2.92. The molecule has 0 aliphatic carbocycles. The Kier molecular flexibility index (Phi) is 5.96. The molecule has 2 aromatic carbocycles. The van der Waals surface area contributed by atoms with Gasteiger partial charge in [0.15, 0.2) is 0 Å². The summed E-state index contributed by atoms with van der Waals surface area (Å²) < 4.78 is 6.51. The fraction of sp³-hybridized carbons (Fsp3) is 0.235. The maximum Gasteiger partial charge on any atom is 0.251 e. The summed E-state index contributed by atoms with van der Waals surface area (Å²) in [5.74, 6) is -0.0906. The second-order valence-corrected chi connectivity index (χ2v) is 5.80. The highest BCUT2D eigenvalue weighted by Crippen LogP contribution is 2.11. The number of halogens is 1. The number of amides is 1. The van der Waals surface area contributed by atoms with E-state index in [1.54, 1.807) is 12.1 Å². The lowest BCUT2D eigenvalue weighted by molar-refractivity contribution is 0.0820. The van der Waals surface area contributed by atoms with Gasteiger partial charge in [-0.1, -0.05) is 52.3 Å². The van der Waals surface area contributed by atoms with Crippen molar-refractivity contribution in [3.63, 3.8) is 0 Å². The first-order valence-corrected chi connectivity index (χ1v) is 7.62. The molecule has 1 amide bonds. The Morgan fingerprint density at radius 3 is 2.67 bits per heavy atom. The molecule has 3 nitrogen and oxygen atoms in total. The summed E-state index contributed by atoms with van der Waals surface area (Å²) in [6.07, 6.45) is 0. The van der Waals surface area contributed by atoms with E-state index in [4.69, 9.17) is 4.74 Å². The number of carbonyl (C=O) groups excluding carboxylic acids is 1. The first-order valence-electron chi connectivity index (χ1n) is 6.83. The average molecular weight is 348 g/mol. The van der Waals surface area contributed by atoms with Crippen LogP contribution in [0.4, 0.5) is 0 Å². The van der Waals surface area contributed by atoms with Gasteiger partial charge < -0.3 is 10.1 Å². The molecule has 0 aliphatic heterocycles. The minimum atomic E-state index is -0.0906. The third-order valence-electron chi connectivity index (χ3n) is 2.94. The van der Waals surface area contributed by atoms with Gasteiger partial charge in [-0.3, -0.25) is 4.79 Å². The minimum absolute atomic E-state index is 0.0415. The van der Waals surface area contributed by atoms with Crippen LogP contribution in [0.3, 0.4) is 0 Å². The van der Waals surface area contributed by atoms with E-state index in [1.807, 2.05) is 49.4 Å². The van der Waals surface area contributed by atoms with Crippen molar-refractivity contribution in [3.05, 3.63) is 70.2 Å². The minimum Gasteiger partial charge on any atom is -0.375 e. The normalized spacial score (nSPS) is 11.9. The van der Waals surface area contributed by atoms with E-state index in [-0.39, 0.29) is 11.9 Å². The Balaban J connectivity index is 1.76. The molecular weight excluding hydrogens is 330 g/mol. The highest BCUT2D eigenvalue weighted by Gasteiger charge is 2.10. The van der Waals surface area contributed by atoms with E-state index in [1.165, 1.54) is 0 Å². The molecule has 1 atom stereocenters. The van der Waals surface area contributed by atoms with Crippen LogP contribution >= 0.6 is 15.9 Å². The number of rotatable bonds is 6. The van der Waals surface area contributed by atoms with E-state index < -0.39 is 0 Å². The predicted molar refractivity (Wildman–Crippen MR) is 87.2 cm³/mol. The number of benzene rings is 2. The van der Waals surface area contributed by atoms with Crippen LogP contribution < -0.4 is 5.32 Å². The van der Waals surface area contributed by atoms with Crippen LogP contribution in [0.5, 0.6) is 0 Å². The summed E-state index contributed by atoms with van der Waals surface area (Å²) >= 11 is 3.36. The van der Waals surface area contributed by atoms with E-state index in [9.17, 15) is 4.79 Å². The third kappa shape index (κ3) is 5.33. The van der Waals surface area contributed by atoms with E-state index in [2.05, 4.69) is 21.2 Å². The molecule has 0 saturated heterocycles. The average Bonchev–Trinajstić information content (AvgIpc) is 2.48. The van der Waals surface area contributed by atoms with Gasteiger partial charge in [0.25, 0.3) is 5.91 Å². The second-order valence-electron chi connectivity index (χ2n) is 4.89. The molecule has 0 fully saturated rings. The molecule has 0 aromatic heterocycles. The Morgan fingerprint density at radius 2 is 1.95 bits per heavy atom. The van der Waals surface area contributed by atoms with Crippen molar-refractivity contribution in [3.8, 4) is 0 Å². The van der Waals surface area contributed by atoms with Gasteiger partial charge in [0, 0.05) is 16.1 Å². The van der Waals surface area contributed by atoms with Crippen molar-refractivity contribution in [1.82, 2.24) is 5.32 Å². The lowest BCUT2D eigenvalue weighted by atomic mass is 10.2. The Labute approximate surface area is 133 Å². The maximum absolute atomic E-state index is 12.1. The zero-order valence-electron chi connectivity index (χ0n) is 11.9. The number of carbonyl (C=O) groups is 1. The van der Waals surface area contributed by atoms with Crippen molar-refractivity contribution in [2.75, 3.05) is 6.61 Å². The molecule has 2 rings (SSSR count). The zero-order chi connectivity index (χ0) is 15.1. The fourth-order valence-electron chi connectivity index (χ4n) is 1.91. The molecule has 21 heavy (non-hydrogen) atoms. The Hall–Kier alpha value is -1.65. The molecule has 0 radical (unpaired) electrons. The second kappa shape index (κ2) is 7.96. The third-order valence-corrected chi connectivity index (χ3v) is 3.44. The summed E-state index contributed by atoms with van der Waals surface area (Å²) in [6.45, 7) is 2.97. The lowest BCUT2D eigenvalue weighted by Gasteiger charge is -2.14. The van der Waals surface area contributed by atoms with E-state index in [0.29, 0.717) is 18.8 Å². The first kappa shape index (κ1) is 15.7. The van der Waals surface area contributed by atoms with Crippen molar-refractivity contribution in [2.45, 2.75) is 19.6 Å². The quantitative estimate of drug-likeness (QED) is 0.863. The van der Waals surface area contributed by atoms with Crippen LogP contribution in [0.1, 0.15) is 22.8 Å². The van der Waals surface area contributed by atoms with Crippen LogP contribution in [-0.2, 0) is 11.3 Å². The molecule has 0 saturated carbocycles. The van der Waals surface area contributed by atoms with Gasteiger partial charge in [0.1, 0.15) is 0 Å². The van der Waals surface area contributed by atoms with Crippen LogP contribution in [0, 0.1) is 0 Å². The van der Waals surface area contributed by atoms with Gasteiger partial charge in [0.05, 0.1) is 13.2 Å². The van der Waals surface area contributed by atoms with Gasteiger partial charge in [-0.25, -0.2) is 0 Å². The largest absolute Gasteiger partial charge is 0.375 e. The summed E-state index contributed by atoms with van der Waals surface area (Å²) in [5.41, 5.74) is 1.77. The standard InChI is InChI=1S/C17H18BrNO2/c1-13(11-21-12-14-6-3-2-4-7-14)19-17(20)15-8-5-9-16(18)10-15/h2-10,13H,11-12H2,1H3,(H,19,20). The van der Waals surface area contributed by atoms with E-state index >= 15 is 0 Å². The number of hydrogen-bond donors (Lipinski definition) is 1. The molecular formula is C17H18BrNO2. The van der Waals surface area contributed by atoms with Gasteiger partial charge in [-0.2, -0.15) is 0 Å². The van der Waals surface area contributed by atoms with Crippen molar-refractivity contribution in [2.24, 2.45) is 0 Å². The molecule has 0 spiro atoms. The lowest BCUT2D eigenvalue weighted by Crippen LogP contribution is -2.35. The molecule has 0 heterocycles. The highest BCUT2D eigenvalue weighted by atomic mass is 79.9. The maximum atomic E-state index is 12.1. The monoisotopic (exact) mass is 347 g/mol. The van der Waals surface area contributed by atoms with Crippen molar-refractivity contribution >= 4 is 21.8 Å². The summed E-state index contributed by atoms with van der Waals surface area (Å²) in [4.78, 5) is 12.1. The molecule has 0 bridgehead atoms. The highest BCUT2D eigenvalue weighted by molar-refractivity contribution is 9.10. The van der Waals surface area contributed by atoms with Crippen LogP contribution in [0.15, 0.2) is 59.1 Å².